The van der Waals surface area contributed by atoms with E-state index in [1.807, 2.05) is 32.2 Å². The van der Waals surface area contributed by atoms with Crippen LogP contribution < -0.4 is 5.32 Å². The van der Waals surface area contributed by atoms with Crippen LogP contribution in [0, 0.1) is 5.41 Å². The molecule has 0 aliphatic carbocycles. The Morgan fingerprint density at radius 3 is 2.52 bits per heavy atom. The Labute approximate surface area is 207 Å². The largest absolute Gasteiger partial charge is 0.349 e. The van der Waals surface area contributed by atoms with Gasteiger partial charge in [-0.2, -0.15) is 0 Å². The second-order valence-corrected chi connectivity index (χ2v) is 11.7. The highest BCUT2D eigenvalue weighted by molar-refractivity contribution is 7.89. The average molecular weight is 515 g/mol. The maximum absolute atomic E-state index is 12.5. The minimum absolute atomic E-state index is 0.113. The number of amides is 1. The molecule has 1 fully saturated rings. The van der Waals surface area contributed by atoms with Crippen molar-refractivity contribution in [1.29, 1.82) is 0 Å². The summed E-state index contributed by atoms with van der Waals surface area (Å²) in [7, 11) is -3.16. The van der Waals surface area contributed by atoms with Crippen molar-refractivity contribution < 1.29 is 13.2 Å². The van der Waals surface area contributed by atoms with E-state index >= 15 is 0 Å². The van der Waals surface area contributed by atoms with Gasteiger partial charge >= 0.3 is 0 Å². The Hall–Kier alpha value is -1.67. The molecule has 2 aliphatic rings. The summed E-state index contributed by atoms with van der Waals surface area (Å²) in [4.78, 5) is 16.6. The molecule has 0 saturated carbocycles. The van der Waals surface area contributed by atoms with Crippen molar-refractivity contribution in [3.8, 4) is 0 Å². The molecule has 1 aromatic rings. The first-order valence-corrected chi connectivity index (χ1v) is 13.4. The minimum atomic E-state index is -3.16. The topological polar surface area (TPSA) is 78.8 Å². The first kappa shape index (κ1) is 27.6. The summed E-state index contributed by atoms with van der Waals surface area (Å²) >= 11 is 12.0. The van der Waals surface area contributed by atoms with Crippen molar-refractivity contribution in [2.75, 3.05) is 18.8 Å². The van der Waals surface area contributed by atoms with Gasteiger partial charge in [-0.1, -0.05) is 42.3 Å². The van der Waals surface area contributed by atoms with Gasteiger partial charge < -0.3 is 5.32 Å². The fourth-order valence-electron chi connectivity index (χ4n) is 3.60. The maximum Gasteiger partial charge on any atom is 0.253 e. The Bertz CT molecular complexity index is 1030. The number of nitrogens with one attached hydrogen (secondary N) is 1. The molecule has 2 aliphatic heterocycles. The van der Waals surface area contributed by atoms with Crippen LogP contribution in [0.5, 0.6) is 0 Å². The van der Waals surface area contributed by atoms with Crippen molar-refractivity contribution in [3.63, 3.8) is 0 Å². The van der Waals surface area contributed by atoms with Gasteiger partial charge in [-0.15, -0.1) is 0 Å². The van der Waals surface area contributed by atoms with Gasteiger partial charge in [0.05, 0.1) is 16.3 Å². The molecule has 6 nitrogen and oxygen atoms in total. The molecule has 1 amide bonds. The van der Waals surface area contributed by atoms with Crippen molar-refractivity contribution in [1.82, 2.24) is 9.62 Å². The smallest absolute Gasteiger partial charge is 0.253 e. The second-order valence-electron chi connectivity index (χ2n) is 8.57. The Morgan fingerprint density at radius 2 is 1.91 bits per heavy atom. The van der Waals surface area contributed by atoms with E-state index in [4.69, 9.17) is 23.2 Å². The molecule has 2 heterocycles. The van der Waals surface area contributed by atoms with Gasteiger partial charge in [-0.25, -0.2) is 12.7 Å². The third kappa shape index (κ3) is 7.95. The number of hydrogen-bond donors (Lipinski definition) is 1. The lowest BCUT2D eigenvalue weighted by Gasteiger charge is -2.42. The van der Waals surface area contributed by atoms with Crippen molar-refractivity contribution >= 4 is 44.8 Å². The predicted octanol–water partition coefficient (Wildman–Crippen LogP) is 5.48. The van der Waals surface area contributed by atoms with E-state index in [-0.39, 0.29) is 23.1 Å². The molecule has 0 spiro atoms. The zero-order chi connectivity index (χ0) is 24.6. The quantitative estimate of drug-likeness (QED) is 0.565. The fourth-order valence-corrected chi connectivity index (χ4v) is 5.20. The van der Waals surface area contributed by atoms with Gasteiger partial charge in [0.25, 0.3) is 5.91 Å². The Balaban J connectivity index is 0.000000405. The second kappa shape index (κ2) is 12.2. The highest BCUT2D eigenvalue weighted by Gasteiger charge is 2.38. The van der Waals surface area contributed by atoms with Crippen LogP contribution in [-0.4, -0.2) is 49.2 Å². The van der Waals surface area contributed by atoms with Gasteiger partial charge in [0.15, 0.2) is 0 Å². The zero-order valence-electron chi connectivity index (χ0n) is 19.6. The molecule has 1 atom stereocenters. The number of allylic oxidation sites excluding steroid dienone is 3. The Kier molecular flexibility index (Phi) is 10.2. The van der Waals surface area contributed by atoms with E-state index < -0.39 is 10.0 Å². The Morgan fingerprint density at radius 1 is 1.24 bits per heavy atom. The molecule has 1 saturated heterocycles. The van der Waals surface area contributed by atoms with Gasteiger partial charge in [-0.05, 0) is 69.7 Å². The first-order valence-electron chi connectivity index (χ1n) is 11.1. The molecule has 0 aromatic heterocycles. The van der Waals surface area contributed by atoms with Crippen molar-refractivity contribution in [2.45, 2.75) is 53.0 Å². The van der Waals surface area contributed by atoms with Gasteiger partial charge in [-0.3, -0.25) is 9.79 Å². The number of nitrogens with zero attached hydrogens (tertiary/aromatic N) is 2. The molecule has 0 radical (unpaired) electrons. The molecule has 33 heavy (non-hydrogen) atoms. The molecule has 1 N–H and O–H groups in total. The first-order chi connectivity index (χ1) is 15.5. The average Bonchev–Trinajstić information content (AvgIpc) is 3.01. The summed E-state index contributed by atoms with van der Waals surface area (Å²) < 4.78 is 25.5. The van der Waals surface area contributed by atoms with Crippen LogP contribution in [0.4, 0.5) is 0 Å². The molecular formula is C24H33Cl2N3O3S. The van der Waals surface area contributed by atoms with Crippen molar-refractivity contribution in [3.05, 3.63) is 58.2 Å². The lowest BCUT2D eigenvalue weighted by Crippen LogP contribution is -2.51. The zero-order valence-corrected chi connectivity index (χ0v) is 22.0. The van der Waals surface area contributed by atoms with Gasteiger partial charge in [0, 0.05) is 36.1 Å². The van der Waals surface area contributed by atoms with E-state index in [2.05, 4.69) is 23.3 Å². The van der Waals surface area contributed by atoms with Crippen molar-refractivity contribution in [2.24, 2.45) is 10.4 Å². The number of rotatable bonds is 5. The van der Waals surface area contributed by atoms with Gasteiger partial charge in [0.1, 0.15) is 0 Å². The van der Waals surface area contributed by atoms with Crippen LogP contribution in [0.3, 0.4) is 0 Å². The van der Waals surface area contributed by atoms with E-state index in [0.717, 1.165) is 12.1 Å². The number of benzene rings is 1. The number of carbonyl (C=O) groups is 1. The number of carbonyl (C=O) groups excluding carboxylic acids is 1. The molecule has 3 rings (SSSR count). The third-order valence-electron chi connectivity index (χ3n) is 6.21. The summed E-state index contributed by atoms with van der Waals surface area (Å²) in [6.45, 7) is 8.64. The van der Waals surface area contributed by atoms with Gasteiger partial charge in [0.2, 0.25) is 10.0 Å². The predicted molar refractivity (Wildman–Crippen MR) is 138 cm³/mol. The van der Waals surface area contributed by atoms with Crippen LogP contribution >= 0.6 is 23.2 Å². The lowest BCUT2D eigenvalue weighted by molar-refractivity contribution is 0.0830. The number of hydrogen-bond acceptors (Lipinski definition) is 4. The third-order valence-corrected chi connectivity index (χ3v) is 8.64. The summed E-state index contributed by atoms with van der Waals surface area (Å²) in [5, 5.41) is 3.79. The van der Waals surface area contributed by atoms with Crippen LogP contribution in [0.15, 0.2) is 47.6 Å². The fraction of sp³-hybridized carbons (Fsp3) is 0.500. The van der Waals surface area contributed by atoms with Crippen LogP contribution in [0.1, 0.15) is 57.3 Å². The molecule has 9 heteroatoms. The monoisotopic (exact) mass is 513 g/mol. The highest BCUT2D eigenvalue weighted by Crippen LogP contribution is 2.35. The molecule has 1 aromatic carbocycles. The van der Waals surface area contributed by atoms with E-state index in [1.165, 1.54) is 0 Å². The summed E-state index contributed by atoms with van der Waals surface area (Å²) in [5.41, 5.74) is 1.29. The van der Waals surface area contributed by atoms with Crippen LogP contribution in [-0.2, 0) is 10.0 Å². The lowest BCUT2D eigenvalue weighted by atomic mass is 9.75. The number of piperidine rings is 1. The van der Waals surface area contributed by atoms with E-state index in [9.17, 15) is 13.2 Å². The number of halogens is 2. The maximum atomic E-state index is 12.5. The number of sulfonamides is 1. The highest BCUT2D eigenvalue weighted by atomic mass is 35.5. The van der Waals surface area contributed by atoms with E-state index in [0.29, 0.717) is 41.5 Å². The van der Waals surface area contributed by atoms with Crippen LogP contribution in [0.2, 0.25) is 10.0 Å². The van der Waals surface area contributed by atoms with E-state index in [1.54, 1.807) is 29.4 Å². The molecular weight excluding hydrogens is 481 g/mol. The normalized spacial score (nSPS) is 19.0. The summed E-state index contributed by atoms with van der Waals surface area (Å²) in [5.74, 6) is -0.135. The van der Waals surface area contributed by atoms with Crippen LogP contribution in [0.25, 0.3) is 0 Å². The number of aliphatic imine (C=N–C) groups is 1. The minimum Gasteiger partial charge on any atom is -0.349 e. The molecule has 182 valence electrons. The summed E-state index contributed by atoms with van der Waals surface area (Å²) in [6, 6.07) is 4.66. The molecule has 0 bridgehead atoms. The molecule has 0 unspecified atom stereocenters. The standard InChI is InChI=1S/C17H24Cl2N2O3S.C7H9N/c1-4-25(23,24)21-9-7-17(3,8-10-21)12(2)20-16(22)14-6-5-13(18)11-15(14)19;1-7-5-3-2-4-6-8-7/h5-6,11-12H,4,7-10H2,1-3H3,(H,20,22);3-6H,2H2,1H3/t12-;/m0./s1. The SMILES string of the molecule is CC1=NC=CCC=C1.CCS(=O)(=O)N1CCC(C)([C@H](C)NC(=O)c2ccc(Cl)cc2Cl)CC1. The summed E-state index contributed by atoms with van der Waals surface area (Å²) in [6.07, 6.45) is 10.4.